The van der Waals surface area contributed by atoms with Crippen molar-refractivity contribution in [2.75, 3.05) is 13.2 Å². The first-order valence-electron chi connectivity index (χ1n) is 6.61. The summed E-state index contributed by atoms with van der Waals surface area (Å²) in [5.74, 6) is -1.60. The van der Waals surface area contributed by atoms with Gasteiger partial charge in [-0.1, -0.05) is 19.1 Å². The van der Waals surface area contributed by atoms with Crippen LogP contribution in [0.25, 0.3) is 0 Å². The van der Waals surface area contributed by atoms with E-state index in [0.717, 1.165) is 12.8 Å². The molecule has 0 saturated carbocycles. The van der Waals surface area contributed by atoms with E-state index < -0.39 is 17.9 Å². The van der Waals surface area contributed by atoms with Gasteiger partial charge in [0.1, 0.15) is 0 Å². The van der Waals surface area contributed by atoms with Gasteiger partial charge in [-0.15, -0.1) is 0 Å². The summed E-state index contributed by atoms with van der Waals surface area (Å²) in [7, 11) is 0. The minimum atomic E-state index is -0.823. The highest BCUT2D eigenvalue weighted by Crippen LogP contribution is 2.32. The second kappa shape index (κ2) is 7.19. The summed E-state index contributed by atoms with van der Waals surface area (Å²) in [6.07, 6.45) is 5.95. The molecule has 1 aliphatic rings. The Kier molecular flexibility index (Phi) is 5.89. The molecule has 0 saturated heterocycles. The zero-order chi connectivity index (χ0) is 13.5. The highest BCUT2D eigenvalue weighted by atomic mass is 16.6. The number of hydrogen-bond acceptors (Lipinski definition) is 4. The first kappa shape index (κ1) is 14.7. The summed E-state index contributed by atoms with van der Waals surface area (Å²) >= 11 is 0. The van der Waals surface area contributed by atoms with Crippen LogP contribution in [0.1, 0.15) is 33.6 Å². The van der Waals surface area contributed by atoms with Crippen molar-refractivity contribution >= 4 is 11.9 Å². The quantitative estimate of drug-likeness (QED) is 0.429. The van der Waals surface area contributed by atoms with Crippen LogP contribution >= 0.6 is 0 Å². The predicted molar refractivity (Wildman–Crippen MR) is 67.8 cm³/mol. The van der Waals surface area contributed by atoms with Crippen LogP contribution in [0.3, 0.4) is 0 Å². The van der Waals surface area contributed by atoms with Crippen LogP contribution in [0.2, 0.25) is 0 Å². The number of hydrogen-bond donors (Lipinski definition) is 0. The summed E-state index contributed by atoms with van der Waals surface area (Å²) in [5, 5.41) is 0. The normalized spacial score (nSPS) is 22.9. The Labute approximate surface area is 108 Å². The van der Waals surface area contributed by atoms with Crippen LogP contribution in [-0.2, 0) is 19.1 Å². The van der Waals surface area contributed by atoms with Crippen molar-refractivity contribution in [3.05, 3.63) is 12.2 Å². The highest BCUT2D eigenvalue weighted by molar-refractivity contribution is 5.95. The highest BCUT2D eigenvalue weighted by Gasteiger charge is 2.39. The maximum Gasteiger partial charge on any atom is 0.320 e. The minimum absolute atomic E-state index is 0.114. The summed E-state index contributed by atoms with van der Waals surface area (Å²) in [6.45, 7) is 6.08. The standard InChI is InChI=1S/C14H22O4/c1-4-17-13(15)12(14(16)18-5-2)11-9-7-6-8-10(11)3/h7,9-12H,4-6,8H2,1-3H3/t10-,11+/m0/s1. The van der Waals surface area contributed by atoms with Crippen LogP contribution in [0, 0.1) is 17.8 Å². The number of rotatable bonds is 5. The number of carbonyl (C=O) groups is 2. The third-order valence-corrected chi connectivity index (χ3v) is 3.27. The molecule has 0 spiro atoms. The Bertz CT molecular complexity index is 304. The van der Waals surface area contributed by atoms with Gasteiger partial charge in [-0.05, 0) is 32.6 Å². The first-order chi connectivity index (χ1) is 8.61. The fraction of sp³-hybridized carbons (Fsp3) is 0.714. The van der Waals surface area contributed by atoms with Crippen molar-refractivity contribution < 1.29 is 19.1 Å². The Morgan fingerprint density at radius 1 is 1.22 bits per heavy atom. The van der Waals surface area contributed by atoms with Gasteiger partial charge in [0.15, 0.2) is 5.92 Å². The van der Waals surface area contributed by atoms with Gasteiger partial charge in [0.25, 0.3) is 0 Å². The molecular formula is C14H22O4. The molecule has 0 aromatic heterocycles. The molecule has 0 heterocycles. The lowest BCUT2D eigenvalue weighted by molar-refractivity contribution is -0.164. The molecule has 2 atom stereocenters. The summed E-state index contributed by atoms with van der Waals surface area (Å²) in [4.78, 5) is 23.9. The van der Waals surface area contributed by atoms with E-state index in [-0.39, 0.29) is 25.0 Å². The molecule has 18 heavy (non-hydrogen) atoms. The van der Waals surface area contributed by atoms with Crippen molar-refractivity contribution in [2.45, 2.75) is 33.6 Å². The predicted octanol–water partition coefficient (Wildman–Crippen LogP) is 2.33. The van der Waals surface area contributed by atoms with E-state index in [1.807, 2.05) is 12.2 Å². The van der Waals surface area contributed by atoms with Crippen LogP contribution in [0.4, 0.5) is 0 Å². The van der Waals surface area contributed by atoms with Crippen LogP contribution < -0.4 is 0 Å². The molecule has 0 fully saturated rings. The van der Waals surface area contributed by atoms with Crippen molar-refractivity contribution in [2.24, 2.45) is 17.8 Å². The van der Waals surface area contributed by atoms with E-state index in [4.69, 9.17) is 9.47 Å². The molecule has 0 aliphatic heterocycles. The lowest BCUT2D eigenvalue weighted by atomic mass is 9.77. The third-order valence-electron chi connectivity index (χ3n) is 3.27. The van der Waals surface area contributed by atoms with Gasteiger partial charge in [0.05, 0.1) is 13.2 Å². The molecule has 0 bridgehead atoms. The van der Waals surface area contributed by atoms with E-state index in [0.29, 0.717) is 0 Å². The molecule has 0 aromatic rings. The molecule has 0 N–H and O–H groups in total. The second-order valence-corrected chi connectivity index (χ2v) is 4.54. The van der Waals surface area contributed by atoms with Crippen LogP contribution in [0.15, 0.2) is 12.2 Å². The Balaban J connectivity index is 2.88. The Hall–Kier alpha value is -1.32. The first-order valence-corrected chi connectivity index (χ1v) is 6.61. The largest absolute Gasteiger partial charge is 0.465 e. The lowest BCUT2D eigenvalue weighted by Gasteiger charge is -2.29. The van der Waals surface area contributed by atoms with Crippen molar-refractivity contribution in [1.82, 2.24) is 0 Å². The van der Waals surface area contributed by atoms with Crippen LogP contribution in [-0.4, -0.2) is 25.2 Å². The molecule has 1 rings (SSSR count). The van der Waals surface area contributed by atoms with Crippen LogP contribution in [0.5, 0.6) is 0 Å². The molecule has 0 amide bonds. The maximum atomic E-state index is 11.9. The van der Waals surface area contributed by atoms with Gasteiger partial charge in [-0.25, -0.2) is 0 Å². The molecule has 102 valence electrons. The number of carbonyl (C=O) groups excluding carboxylic acids is 2. The average molecular weight is 254 g/mol. The van der Waals surface area contributed by atoms with Gasteiger partial charge in [-0.3, -0.25) is 9.59 Å². The van der Waals surface area contributed by atoms with E-state index in [2.05, 4.69) is 6.92 Å². The molecule has 1 aliphatic carbocycles. The zero-order valence-corrected chi connectivity index (χ0v) is 11.3. The average Bonchev–Trinajstić information content (AvgIpc) is 2.33. The summed E-state index contributed by atoms with van der Waals surface area (Å²) in [5.41, 5.74) is 0. The fourth-order valence-electron chi connectivity index (χ4n) is 2.31. The van der Waals surface area contributed by atoms with Gasteiger partial charge in [0.2, 0.25) is 0 Å². The number of allylic oxidation sites excluding steroid dienone is 2. The number of esters is 2. The molecule has 0 unspecified atom stereocenters. The Morgan fingerprint density at radius 2 is 1.78 bits per heavy atom. The molecule has 0 radical (unpaired) electrons. The van der Waals surface area contributed by atoms with E-state index in [9.17, 15) is 9.59 Å². The summed E-state index contributed by atoms with van der Waals surface area (Å²) in [6, 6.07) is 0. The van der Waals surface area contributed by atoms with Crippen molar-refractivity contribution in [3.8, 4) is 0 Å². The molecular weight excluding hydrogens is 232 g/mol. The van der Waals surface area contributed by atoms with E-state index in [1.165, 1.54) is 0 Å². The van der Waals surface area contributed by atoms with E-state index >= 15 is 0 Å². The zero-order valence-electron chi connectivity index (χ0n) is 11.3. The second-order valence-electron chi connectivity index (χ2n) is 4.54. The van der Waals surface area contributed by atoms with Gasteiger partial charge < -0.3 is 9.47 Å². The summed E-state index contributed by atoms with van der Waals surface area (Å²) < 4.78 is 10.00. The van der Waals surface area contributed by atoms with Gasteiger partial charge in [-0.2, -0.15) is 0 Å². The van der Waals surface area contributed by atoms with Crippen molar-refractivity contribution in [1.29, 1.82) is 0 Å². The maximum absolute atomic E-state index is 11.9. The SMILES string of the molecule is CCOC(=O)C(C(=O)OCC)[C@@H]1C=CCC[C@@H]1C. The van der Waals surface area contributed by atoms with E-state index in [1.54, 1.807) is 13.8 Å². The lowest BCUT2D eigenvalue weighted by Crippen LogP contribution is -2.37. The Morgan fingerprint density at radius 3 is 2.22 bits per heavy atom. The molecule has 0 aromatic carbocycles. The topological polar surface area (TPSA) is 52.6 Å². The van der Waals surface area contributed by atoms with Gasteiger partial charge >= 0.3 is 11.9 Å². The van der Waals surface area contributed by atoms with Gasteiger partial charge in [0, 0.05) is 5.92 Å². The number of ether oxygens (including phenoxy) is 2. The molecule has 4 nitrogen and oxygen atoms in total. The minimum Gasteiger partial charge on any atom is -0.465 e. The van der Waals surface area contributed by atoms with Crippen molar-refractivity contribution in [3.63, 3.8) is 0 Å². The molecule has 4 heteroatoms. The third kappa shape index (κ3) is 3.59. The smallest absolute Gasteiger partial charge is 0.320 e. The monoisotopic (exact) mass is 254 g/mol. The fourth-order valence-corrected chi connectivity index (χ4v) is 2.31.